The molecule has 6 nitrogen and oxygen atoms in total. The predicted molar refractivity (Wildman–Crippen MR) is 70.8 cm³/mol. The van der Waals surface area contributed by atoms with Gasteiger partial charge in [-0.1, -0.05) is 11.6 Å². The molecule has 104 valence electrons. The van der Waals surface area contributed by atoms with Crippen LogP contribution in [-0.4, -0.2) is 27.8 Å². The molecule has 0 saturated heterocycles. The molecule has 0 fully saturated rings. The summed E-state index contributed by atoms with van der Waals surface area (Å²) in [5.41, 5.74) is -0.459. The van der Waals surface area contributed by atoms with Gasteiger partial charge in [0.15, 0.2) is 0 Å². The molecular formula is C12H15ClN2O4. The summed E-state index contributed by atoms with van der Waals surface area (Å²) in [6.45, 7) is 6.63. The maximum absolute atomic E-state index is 11.6. The standard InChI is InChI=1S/C12H15ClN2O4/c1-6-8(10(16)17)7(5-14-9(6)13)15-11(18)19-12(2,3)4/h5H,1-4H3,(H,15,18)(H,16,17). The van der Waals surface area contributed by atoms with Crippen molar-refractivity contribution in [3.05, 3.63) is 22.5 Å². The molecule has 7 heteroatoms. The number of carboxylic acids is 1. The summed E-state index contributed by atoms with van der Waals surface area (Å²) in [5, 5.41) is 11.6. The number of carbonyl (C=O) groups excluding carboxylic acids is 1. The summed E-state index contributed by atoms with van der Waals surface area (Å²) in [7, 11) is 0. The second-order valence-electron chi connectivity index (χ2n) is 4.89. The van der Waals surface area contributed by atoms with Gasteiger partial charge in [0.1, 0.15) is 10.8 Å². The summed E-state index contributed by atoms with van der Waals surface area (Å²) in [6, 6.07) is 0. The van der Waals surface area contributed by atoms with Gasteiger partial charge in [-0.25, -0.2) is 14.6 Å². The van der Waals surface area contributed by atoms with E-state index in [0.29, 0.717) is 0 Å². The number of carbonyl (C=O) groups is 2. The number of rotatable bonds is 2. The Kier molecular flexibility index (Phi) is 4.36. The first-order chi connectivity index (χ1) is 8.61. The Labute approximate surface area is 115 Å². The minimum atomic E-state index is -1.20. The third kappa shape index (κ3) is 4.10. The number of hydrogen-bond acceptors (Lipinski definition) is 4. The summed E-state index contributed by atoms with van der Waals surface area (Å²) < 4.78 is 5.04. The molecular weight excluding hydrogens is 272 g/mol. The van der Waals surface area contributed by atoms with Crippen molar-refractivity contribution in [2.24, 2.45) is 0 Å². The molecule has 0 radical (unpaired) electrons. The van der Waals surface area contributed by atoms with Gasteiger partial charge in [-0.05, 0) is 27.7 Å². The van der Waals surface area contributed by atoms with Crippen LogP contribution < -0.4 is 5.32 Å². The van der Waals surface area contributed by atoms with Crippen molar-refractivity contribution >= 4 is 29.4 Å². The smallest absolute Gasteiger partial charge is 0.412 e. The molecule has 0 aliphatic carbocycles. The van der Waals surface area contributed by atoms with Gasteiger partial charge in [0, 0.05) is 5.56 Å². The number of aromatic nitrogens is 1. The monoisotopic (exact) mass is 286 g/mol. The van der Waals surface area contributed by atoms with Crippen LogP contribution in [0.1, 0.15) is 36.7 Å². The first kappa shape index (κ1) is 15.2. The number of amides is 1. The summed E-state index contributed by atoms with van der Waals surface area (Å²) >= 11 is 5.75. The molecule has 0 aliphatic heterocycles. The topological polar surface area (TPSA) is 88.5 Å². The van der Waals surface area contributed by atoms with Crippen LogP contribution in [0.4, 0.5) is 10.5 Å². The van der Waals surface area contributed by atoms with Crippen molar-refractivity contribution in [2.75, 3.05) is 5.32 Å². The number of halogens is 1. The number of aromatic carboxylic acids is 1. The van der Waals surface area contributed by atoms with Crippen molar-refractivity contribution in [1.82, 2.24) is 4.98 Å². The van der Waals surface area contributed by atoms with Gasteiger partial charge in [0.25, 0.3) is 0 Å². The molecule has 0 atom stereocenters. The third-order valence-corrected chi connectivity index (χ3v) is 2.49. The lowest BCUT2D eigenvalue weighted by molar-refractivity contribution is 0.0636. The minimum Gasteiger partial charge on any atom is -0.478 e. The number of pyridine rings is 1. The van der Waals surface area contributed by atoms with E-state index in [-0.39, 0.29) is 22.0 Å². The van der Waals surface area contributed by atoms with E-state index in [0.717, 1.165) is 0 Å². The van der Waals surface area contributed by atoms with Gasteiger partial charge in [-0.3, -0.25) is 5.32 Å². The predicted octanol–water partition coefficient (Wildman–Crippen LogP) is 3.09. The molecule has 2 N–H and O–H groups in total. The quantitative estimate of drug-likeness (QED) is 0.816. The highest BCUT2D eigenvalue weighted by Crippen LogP contribution is 2.24. The highest BCUT2D eigenvalue weighted by Gasteiger charge is 2.21. The first-order valence-corrected chi connectivity index (χ1v) is 5.88. The zero-order valence-corrected chi connectivity index (χ0v) is 11.8. The summed E-state index contributed by atoms with van der Waals surface area (Å²) in [6.07, 6.45) is 0.432. The van der Waals surface area contributed by atoms with E-state index in [1.54, 1.807) is 20.8 Å². The largest absolute Gasteiger partial charge is 0.478 e. The Morgan fingerprint density at radius 1 is 1.42 bits per heavy atom. The minimum absolute atomic E-state index is 0.0450. The number of ether oxygens (including phenoxy) is 1. The third-order valence-electron chi connectivity index (χ3n) is 2.11. The fraction of sp³-hybridized carbons (Fsp3) is 0.417. The molecule has 0 aliphatic rings. The number of nitrogens with zero attached hydrogens (tertiary/aromatic N) is 1. The van der Waals surface area contributed by atoms with E-state index in [4.69, 9.17) is 21.4 Å². The number of hydrogen-bond donors (Lipinski definition) is 2. The number of carboxylic acid groups (broad SMARTS) is 1. The highest BCUT2D eigenvalue weighted by atomic mass is 35.5. The zero-order valence-electron chi connectivity index (χ0n) is 11.1. The molecule has 1 amide bonds. The number of anilines is 1. The maximum Gasteiger partial charge on any atom is 0.412 e. The lowest BCUT2D eigenvalue weighted by atomic mass is 10.1. The van der Waals surface area contributed by atoms with E-state index in [9.17, 15) is 9.59 Å². The lowest BCUT2D eigenvalue weighted by Gasteiger charge is -2.20. The molecule has 0 unspecified atom stereocenters. The molecule has 1 aromatic heterocycles. The molecule has 1 heterocycles. The highest BCUT2D eigenvalue weighted by molar-refractivity contribution is 6.30. The van der Waals surface area contributed by atoms with Crippen LogP contribution >= 0.6 is 11.6 Å². The first-order valence-electron chi connectivity index (χ1n) is 5.50. The molecule has 19 heavy (non-hydrogen) atoms. The summed E-state index contributed by atoms with van der Waals surface area (Å²) in [4.78, 5) is 26.6. The van der Waals surface area contributed by atoms with Crippen LogP contribution in [0.15, 0.2) is 6.20 Å². The van der Waals surface area contributed by atoms with Crippen LogP contribution in [-0.2, 0) is 4.74 Å². The second-order valence-corrected chi connectivity index (χ2v) is 5.25. The van der Waals surface area contributed by atoms with E-state index in [1.165, 1.54) is 13.1 Å². The van der Waals surface area contributed by atoms with Crippen molar-refractivity contribution in [3.63, 3.8) is 0 Å². The number of nitrogens with one attached hydrogen (secondary N) is 1. The van der Waals surface area contributed by atoms with Crippen molar-refractivity contribution in [3.8, 4) is 0 Å². The van der Waals surface area contributed by atoms with Crippen LogP contribution in [0, 0.1) is 6.92 Å². The summed E-state index contributed by atoms with van der Waals surface area (Å²) in [5.74, 6) is -1.20. The van der Waals surface area contributed by atoms with Crippen molar-refractivity contribution in [1.29, 1.82) is 0 Å². The Morgan fingerprint density at radius 3 is 2.47 bits per heavy atom. The van der Waals surface area contributed by atoms with Gasteiger partial charge in [-0.15, -0.1) is 0 Å². The molecule has 0 spiro atoms. The van der Waals surface area contributed by atoms with Gasteiger partial charge in [0.05, 0.1) is 17.4 Å². The zero-order chi connectivity index (χ0) is 14.8. The van der Waals surface area contributed by atoms with Gasteiger partial charge in [-0.2, -0.15) is 0 Å². The Hall–Kier alpha value is -1.82. The fourth-order valence-corrected chi connectivity index (χ4v) is 1.51. The molecule has 0 saturated carbocycles. The molecule has 1 rings (SSSR count). The van der Waals surface area contributed by atoms with E-state index < -0.39 is 17.7 Å². The SMILES string of the molecule is Cc1c(Cl)ncc(NC(=O)OC(C)(C)C)c1C(=O)O. The Balaban J connectivity index is 3.05. The lowest BCUT2D eigenvalue weighted by Crippen LogP contribution is -2.28. The van der Waals surface area contributed by atoms with Gasteiger partial charge < -0.3 is 9.84 Å². The Bertz CT molecular complexity index is 523. The van der Waals surface area contributed by atoms with E-state index >= 15 is 0 Å². The molecule has 0 bridgehead atoms. The van der Waals surface area contributed by atoms with Crippen LogP contribution in [0.25, 0.3) is 0 Å². The normalized spacial score (nSPS) is 11.0. The average molecular weight is 287 g/mol. The van der Waals surface area contributed by atoms with Crippen LogP contribution in [0.5, 0.6) is 0 Å². The van der Waals surface area contributed by atoms with Crippen molar-refractivity contribution in [2.45, 2.75) is 33.3 Å². The van der Waals surface area contributed by atoms with Gasteiger partial charge in [0.2, 0.25) is 0 Å². The van der Waals surface area contributed by atoms with Crippen LogP contribution in [0.3, 0.4) is 0 Å². The fourth-order valence-electron chi connectivity index (χ4n) is 1.37. The van der Waals surface area contributed by atoms with E-state index in [1.807, 2.05) is 0 Å². The molecule has 0 aromatic carbocycles. The second kappa shape index (κ2) is 5.44. The average Bonchev–Trinajstić information content (AvgIpc) is 2.20. The maximum atomic E-state index is 11.6. The van der Waals surface area contributed by atoms with Crippen molar-refractivity contribution < 1.29 is 19.4 Å². The van der Waals surface area contributed by atoms with E-state index in [2.05, 4.69) is 10.3 Å². The van der Waals surface area contributed by atoms with Crippen LogP contribution in [0.2, 0.25) is 5.15 Å². The molecule has 1 aromatic rings. The Morgan fingerprint density at radius 2 is 2.00 bits per heavy atom. The van der Waals surface area contributed by atoms with Gasteiger partial charge >= 0.3 is 12.1 Å².